The van der Waals surface area contributed by atoms with Gasteiger partial charge in [0.2, 0.25) is 0 Å². The van der Waals surface area contributed by atoms with Crippen LogP contribution in [-0.2, 0) is 0 Å². The SMILES string of the molecule is CC(=[NH2+])c1cc(Cl)cc(Cl)c1F. The van der Waals surface area contributed by atoms with Crippen LogP contribution in [0.15, 0.2) is 12.1 Å². The highest BCUT2D eigenvalue weighted by Crippen LogP contribution is 2.23. The number of rotatable bonds is 1. The molecule has 0 unspecified atom stereocenters. The van der Waals surface area contributed by atoms with Crippen LogP contribution in [0.25, 0.3) is 0 Å². The molecular formula is C8H7Cl2FN+. The van der Waals surface area contributed by atoms with E-state index in [1.54, 1.807) is 6.92 Å². The highest BCUT2D eigenvalue weighted by molar-refractivity contribution is 6.35. The molecule has 0 spiro atoms. The Balaban J connectivity index is 3.37. The van der Waals surface area contributed by atoms with Crippen LogP contribution < -0.4 is 5.41 Å². The van der Waals surface area contributed by atoms with Gasteiger partial charge in [-0.25, -0.2) is 4.39 Å². The lowest BCUT2D eigenvalue weighted by Crippen LogP contribution is -2.38. The molecule has 4 heteroatoms. The van der Waals surface area contributed by atoms with Gasteiger partial charge in [0.05, 0.1) is 10.6 Å². The Kier molecular flexibility index (Phi) is 2.70. The molecule has 0 amide bonds. The summed E-state index contributed by atoms with van der Waals surface area (Å²) in [7, 11) is 0. The molecule has 1 aromatic rings. The third-order valence-corrected chi connectivity index (χ3v) is 1.91. The van der Waals surface area contributed by atoms with E-state index in [2.05, 4.69) is 0 Å². The molecule has 0 aliphatic heterocycles. The van der Waals surface area contributed by atoms with Crippen LogP contribution in [0.5, 0.6) is 0 Å². The summed E-state index contributed by atoms with van der Waals surface area (Å²) in [5, 5.41) is 5.78. The van der Waals surface area contributed by atoms with Crippen LogP contribution in [0.1, 0.15) is 12.5 Å². The summed E-state index contributed by atoms with van der Waals surface area (Å²) in [6.07, 6.45) is 0. The summed E-state index contributed by atoms with van der Waals surface area (Å²) in [5.41, 5.74) is 0.615. The largest absolute Gasteiger partial charge is 0.258 e. The molecule has 0 fully saturated rings. The molecule has 2 N–H and O–H groups in total. The van der Waals surface area contributed by atoms with E-state index in [0.717, 1.165) is 0 Å². The lowest BCUT2D eigenvalue weighted by molar-refractivity contribution is -0.113. The number of hydrogen-bond donors (Lipinski definition) is 1. The normalized spacial score (nSPS) is 10.0. The van der Waals surface area contributed by atoms with Gasteiger partial charge in [0.25, 0.3) is 0 Å². The van der Waals surface area contributed by atoms with Gasteiger partial charge >= 0.3 is 0 Å². The minimum atomic E-state index is -0.527. The Bertz CT molecular complexity index is 336. The van der Waals surface area contributed by atoms with Crippen LogP contribution in [0.4, 0.5) is 4.39 Å². The second-order valence-electron chi connectivity index (χ2n) is 2.43. The Labute approximate surface area is 79.6 Å². The number of hydrogen-bond acceptors (Lipinski definition) is 0. The topological polar surface area (TPSA) is 25.6 Å². The molecule has 0 aliphatic rings. The Morgan fingerprint density at radius 2 is 2.00 bits per heavy atom. The molecule has 0 saturated carbocycles. The van der Waals surface area contributed by atoms with E-state index in [-0.39, 0.29) is 10.6 Å². The van der Waals surface area contributed by atoms with E-state index >= 15 is 0 Å². The second kappa shape index (κ2) is 3.42. The Morgan fingerprint density at radius 1 is 1.42 bits per heavy atom. The van der Waals surface area contributed by atoms with Crippen molar-refractivity contribution in [3.8, 4) is 0 Å². The lowest BCUT2D eigenvalue weighted by atomic mass is 10.1. The van der Waals surface area contributed by atoms with Gasteiger partial charge in [-0.15, -0.1) is 0 Å². The van der Waals surface area contributed by atoms with Gasteiger partial charge in [-0.3, -0.25) is 5.41 Å². The average molecular weight is 207 g/mol. The fourth-order valence-electron chi connectivity index (χ4n) is 0.843. The average Bonchev–Trinajstić information content (AvgIpc) is 1.96. The van der Waals surface area contributed by atoms with Crippen molar-refractivity contribution < 1.29 is 9.80 Å². The van der Waals surface area contributed by atoms with Crippen molar-refractivity contribution in [2.24, 2.45) is 0 Å². The van der Waals surface area contributed by atoms with Crippen LogP contribution >= 0.6 is 23.2 Å². The lowest BCUT2D eigenvalue weighted by Gasteiger charge is -2.00. The molecule has 1 nitrogen and oxygen atoms in total. The highest BCUT2D eigenvalue weighted by Gasteiger charge is 2.12. The van der Waals surface area contributed by atoms with Crippen molar-refractivity contribution in [1.29, 1.82) is 0 Å². The Hall–Kier alpha value is -0.600. The van der Waals surface area contributed by atoms with Gasteiger partial charge in [-0.05, 0) is 12.1 Å². The van der Waals surface area contributed by atoms with Crippen molar-refractivity contribution in [2.45, 2.75) is 6.92 Å². The van der Waals surface area contributed by atoms with Gasteiger partial charge in [0.15, 0.2) is 11.5 Å². The number of halogens is 3. The molecule has 64 valence electrons. The molecule has 0 aliphatic carbocycles. The summed E-state index contributed by atoms with van der Waals surface area (Å²) >= 11 is 11.2. The number of nitrogens with two attached hydrogens (primary N) is 1. The minimum Gasteiger partial charge on any atom is -0.258 e. The molecule has 0 radical (unpaired) electrons. The first-order valence-corrected chi connectivity index (χ1v) is 4.02. The summed E-state index contributed by atoms with van der Waals surface area (Å²) in [4.78, 5) is 0. The summed E-state index contributed by atoms with van der Waals surface area (Å²) < 4.78 is 13.1. The van der Waals surface area contributed by atoms with Gasteiger partial charge in [0.1, 0.15) is 0 Å². The first kappa shape index (κ1) is 9.49. The maximum absolute atomic E-state index is 13.1. The van der Waals surface area contributed by atoms with E-state index < -0.39 is 5.82 Å². The van der Waals surface area contributed by atoms with Crippen LogP contribution in [0.3, 0.4) is 0 Å². The molecule has 1 rings (SSSR count). The minimum absolute atomic E-state index is 0.0118. The maximum Gasteiger partial charge on any atom is 0.180 e. The van der Waals surface area contributed by atoms with Crippen LogP contribution in [0, 0.1) is 5.82 Å². The van der Waals surface area contributed by atoms with E-state index in [0.29, 0.717) is 10.7 Å². The monoisotopic (exact) mass is 206 g/mol. The zero-order chi connectivity index (χ0) is 9.30. The maximum atomic E-state index is 13.1. The summed E-state index contributed by atoms with van der Waals surface area (Å²) in [6, 6.07) is 2.78. The van der Waals surface area contributed by atoms with Gasteiger partial charge < -0.3 is 0 Å². The molecule has 0 bridgehead atoms. The van der Waals surface area contributed by atoms with Crippen LogP contribution in [0.2, 0.25) is 10.0 Å². The fraction of sp³-hybridized carbons (Fsp3) is 0.125. The fourth-order valence-corrected chi connectivity index (χ4v) is 1.34. The molecule has 1 aromatic carbocycles. The molecular weight excluding hydrogens is 200 g/mol. The summed E-state index contributed by atoms with van der Waals surface area (Å²) in [5.74, 6) is -0.527. The van der Waals surface area contributed by atoms with Crippen molar-refractivity contribution in [3.63, 3.8) is 0 Å². The second-order valence-corrected chi connectivity index (χ2v) is 3.28. The zero-order valence-corrected chi connectivity index (χ0v) is 7.88. The van der Waals surface area contributed by atoms with E-state index in [4.69, 9.17) is 28.6 Å². The standard InChI is InChI=1S/C8H6Cl2FN/c1-4(12)6-2-5(9)3-7(10)8(6)11/h2-3,12H,1H3/p+1. The predicted octanol–water partition coefficient (Wildman–Crippen LogP) is 1.70. The highest BCUT2D eigenvalue weighted by atomic mass is 35.5. The van der Waals surface area contributed by atoms with E-state index in [1.807, 2.05) is 0 Å². The van der Waals surface area contributed by atoms with E-state index in [9.17, 15) is 4.39 Å². The first-order chi connectivity index (χ1) is 5.52. The van der Waals surface area contributed by atoms with Gasteiger partial charge in [-0.1, -0.05) is 23.2 Å². The van der Waals surface area contributed by atoms with Crippen molar-refractivity contribution in [2.75, 3.05) is 0 Å². The molecule has 0 heterocycles. The predicted molar refractivity (Wildman–Crippen MR) is 48.1 cm³/mol. The molecule has 0 aromatic heterocycles. The van der Waals surface area contributed by atoms with Crippen molar-refractivity contribution in [1.82, 2.24) is 0 Å². The first-order valence-electron chi connectivity index (χ1n) is 3.26. The number of benzene rings is 1. The third-order valence-electron chi connectivity index (χ3n) is 1.42. The summed E-state index contributed by atoms with van der Waals surface area (Å²) in [6.45, 7) is 1.59. The third kappa shape index (κ3) is 1.76. The van der Waals surface area contributed by atoms with Crippen molar-refractivity contribution in [3.05, 3.63) is 33.6 Å². The molecule has 12 heavy (non-hydrogen) atoms. The van der Waals surface area contributed by atoms with Gasteiger partial charge in [0, 0.05) is 11.9 Å². The van der Waals surface area contributed by atoms with Crippen molar-refractivity contribution >= 4 is 28.9 Å². The molecule has 0 atom stereocenters. The Morgan fingerprint density at radius 3 is 2.50 bits per heavy atom. The molecule has 0 saturated heterocycles. The zero-order valence-electron chi connectivity index (χ0n) is 6.37. The smallest absolute Gasteiger partial charge is 0.180 e. The quantitative estimate of drug-likeness (QED) is 0.535. The van der Waals surface area contributed by atoms with Gasteiger partial charge in [-0.2, -0.15) is 0 Å². The van der Waals surface area contributed by atoms with Crippen LogP contribution in [-0.4, -0.2) is 5.71 Å². The van der Waals surface area contributed by atoms with E-state index in [1.165, 1.54) is 12.1 Å².